The molecule has 42 heavy (non-hydrogen) atoms. The van der Waals surface area contributed by atoms with Gasteiger partial charge < -0.3 is 9.13 Å². The van der Waals surface area contributed by atoms with Crippen molar-refractivity contribution in [2.45, 2.75) is 0 Å². The van der Waals surface area contributed by atoms with E-state index in [9.17, 15) is 10.5 Å². The summed E-state index contributed by atoms with van der Waals surface area (Å²) in [5.74, 6) is 0. The van der Waals surface area contributed by atoms with E-state index in [4.69, 9.17) is 0 Å². The van der Waals surface area contributed by atoms with E-state index >= 15 is 0 Å². The van der Waals surface area contributed by atoms with E-state index in [1.807, 2.05) is 0 Å². The van der Waals surface area contributed by atoms with Crippen LogP contribution in [0.25, 0.3) is 66.1 Å². The molecular formula is C38H22N4. The van der Waals surface area contributed by atoms with Gasteiger partial charge in [0.2, 0.25) is 0 Å². The molecule has 0 atom stereocenters. The predicted molar refractivity (Wildman–Crippen MR) is 170 cm³/mol. The predicted octanol–water partition coefficient (Wildman–Crippen LogP) is 9.29. The van der Waals surface area contributed by atoms with Gasteiger partial charge in [-0.1, -0.05) is 78.9 Å². The molecule has 0 aliphatic rings. The van der Waals surface area contributed by atoms with Crippen LogP contribution in [-0.2, 0) is 0 Å². The number of benzene rings is 6. The van der Waals surface area contributed by atoms with Crippen molar-refractivity contribution in [2.24, 2.45) is 0 Å². The molecule has 2 heterocycles. The van der Waals surface area contributed by atoms with Gasteiger partial charge in [-0.3, -0.25) is 0 Å². The summed E-state index contributed by atoms with van der Waals surface area (Å²) >= 11 is 0. The summed E-state index contributed by atoms with van der Waals surface area (Å²) in [5, 5.41) is 24.9. The second kappa shape index (κ2) is 9.24. The van der Waals surface area contributed by atoms with Gasteiger partial charge in [0, 0.05) is 38.5 Å². The van der Waals surface area contributed by atoms with Crippen LogP contribution in [0.5, 0.6) is 0 Å². The van der Waals surface area contributed by atoms with Crippen LogP contribution < -0.4 is 0 Å². The lowest BCUT2D eigenvalue weighted by Crippen LogP contribution is -2.01. The summed E-state index contributed by atoms with van der Waals surface area (Å²) in [7, 11) is 0. The zero-order valence-corrected chi connectivity index (χ0v) is 22.5. The normalized spacial score (nSPS) is 11.3. The van der Waals surface area contributed by atoms with Crippen molar-refractivity contribution in [3.05, 3.63) is 145 Å². The van der Waals surface area contributed by atoms with E-state index < -0.39 is 0 Å². The number of hydrogen-bond acceptors (Lipinski definition) is 2. The van der Waals surface area contributed by atoms with E-state index in [1.165, 1.54) is 21.5 Å². The Morgan fingerprint density at radius 1 is 0.405 bits per heavy atom. The summed E-state index contributed by atoms with van der Waals surface area (Å²) in [4.78, 5) is 0. The van der Waals surface area contributed by atoms with Crippen LogP contribution in [-0.4, -0.2) is 9.13 Å². The van der Waals surface area contributed by atoms with E-state index in [0.29, 0.717) is 16.7 Å². The fourth-order valence-electron chi connectivity index (χ4n) is 6.45. The molecule has 0 saturated heterocycles. The maximum Gasteiger partial charge on any atom is 0.0998 e. The van der Waals surface area contributed by atoms with Crippen LogP contribution in [0, 0.1) is 22.7 Å². The molecule has 0 N–H and O–H groups in total. The standard InChI is InChI=1S/C38H22N4/c39-23-25-10-9-11-26(24-40)38(25)27-20-28(41-34-16-5-1-12-30(34)31-13-2-6-17-35(31)41)22-29(21-27)42-36-18-7-3-14-32(36)33-15-4-8-19-37(33)42/h1-22H. The quantitative estimate of drug-likeness (QED) is 0.227. The van der Waals surface area contributed by atoms with E-state index in [-0.39, 0.29) is 0 Å². The molecule has 0 aliphatic heterocycles. The molecule has 0 aliphatic carbocycles. The highest BCUT2D eigenvalue weighted by Crippen LogP contribution is 2.38. The fraction of sp³-hybridized carbons (Fsp3) is 0. The van der Waals surface area contributed by atoms with Crippen LogP contribution in [0.2, 0.25) is 0 Å². The van der Waals surface area contributed by atoms with Crippen LogP contribution in [0.1, 0.15) is 11.1 Å². The van der Waals surface area contributed by atoms with Gasteiger partial charge in [0.25, 0.3) is 0 Å². The molecule has 0 saturated carbocycles. The largest absolute Gasteiger partial charge is 0.309 e. The molecule has 4 nitrogen and oxygen atoms in total. The first-order chi connectivity index (χ1) is 20.8. The third-order valence-electron chi connectivity index (χ3n) is 8.17. The monoisotopic (exact) mass is 534 g/mol. The second-order valence-electron chi connectivity index (χ2n) is 10.4. The Morgan fingerprint density at radius 2 is 0.762 bits per heavy atom. The summed E-state index contributed by atoms with van der Waals surface area (Å²) in [6, 6.07) is 50.2. The molecule has 2 aromatic heterocycles. The molecule has 4 heteroatoms. The lowest BCUT2D eigenvalue weighted by molar-refractivity contribution is 1.13. The number of fused-ring (bicyclic) bond motifs is 6. The molecular weight excluding hydrogens is 512 g/mol. The van der Waals surface area contributed by atoms with Crippen LogP contribution in [0.4, 0.5) is 0 Å². The highest BCUT2D eigenvalue weighted by atomic mass is 15.0. The van der Waals surface area contributed by atoms with E-state index in [0.717, 1.165) is 39.0 Å². The van der Waals surface area contributed by atoms with E-state index in [2.05, 4.69) is 137 Å². The molecule has 8 rings (SSSR count). The van der Waals surface area contributed by atoms with Crippen LogP contribution in [0.3, 0.4) is 0 Å². The van der Waals surface area contributed by atoms with Gasteiger partial charge in [-0.15, -0.1) is 0 Å². The summed E-state index contributed by atoms with van der Waals surface area (Å²) in [5.41, 5.74) is 8.71. The first-order valence-corrected chi connectivity index (χ1v) is 13.8. The average Bonchev–Trinajstić information content (AvgIpc) is 3.57. The summed E-state index contributed by atoms with van der Waals surface area (Å²) < 4.78 is 4.57. The number of para-hydroxylation sites is 4. The van der Waals surface area contributed by atoms with Crippen molar-refractivity contribution in [2.75, 3.05) is 0 Å². The van der Waals surface area contributed by atoms with Crippen molar-refractivity contribution >= 4 is 43.6 Å². The van der Waals surface area contributed by atoms with Crippen molar-refractivity contribution < 1.29 is 0 Å². The Hall–Kier alpha value is -6.10. The number of aromatic nitrogens is 2. The van der Waals surface area contributed by atoms with Gasteiger partial charge in [0.05, 0.1) is 45.3 Å². The summed E-state index contributed by atoms with van der Waals surface area (Å²) in [6.07, 6.45) is 0. The molecule has 8 aromatic rings. The van der Waals surface area contributed by atoms with Gasteiger partial charge in [0.1, 0.15) is 0 Å². The second-order valence-corrected chi connectivity index (χ2v) is 10.4. The molecule has 0 unspecified atom stereocenters. The Kier molecular flexibility index (Phi) is 5.22. The first-order valence-electron chi connectivity index (χ1n) is 13.8. The zero-order valence-electron chi connectivity index (χ0n) is 22.5. The van der Waals surface area contributed by atoms with Crippen molar-refractivity contribution in [3.8, 4) is 34.6 Å². The molecule has 0 bridgehead atoms. The van der Waals surface area contributed by atoms with Gasteiger partial charge in [-0.2, -0.15) is 10.5 Å². The minimum absolute atomic E-state index is 0.474. The number of nitriles is 2. The van der Waals surface area contributed by atoms with Gasteiger partial charge in [-0.25, -0.2) is 0 Å². The van der Waals surface area contributed by atoms with Crippen molar-refractivity contribution in [3.63, 3.8) is 0 Å². The Labute approximate surface area is 242 Å². The molecule has 6 aromatic carbocycles. The lowest BCUT2D eigenvalue weighted by atomic mass is 9.94. The Balaban J connectivity index is 1.54. The molecule has 0 radical (unpaired) electrons. The van der Waals surface area contributed by atoms with Crippen molar-refractivity contribution in [1.29, 1.82) is 10.5 Å². The molecule has 0 amide bonds. The van der Waals surface area contributed by atoms with Gasteiger partial charge >= 0.3 is 0 Å². The maximum atomic E-state index is 10.1. The minimum Gasteiger partial charge on any atom is -0.309 e. The third-order valence-corrected chi connectivity index (χ3v) is 8.17. The Bertz CT molecular complexity index is 2170. The summed E-state index contributed by atoms with van der Waals surface area (Å²) in [6.45, 7) is 0. The van der Waals surface area contributed by atoms with Crippen LogP contribution in [0.15, 0.2) is 133 Å². The Morgan fingerprint density at radius 3 is 1.12 bits per heavy atom. The highest BCUT2D eigenvalue weighted by Gasteiger charge is 2.19. The minimum atomic E-state index is 0.474. The van der Waals surface area contributed by atoms with Crippen molar-refractivity contribution in [1.82, 2.24) is 9.13 Å². The van der Waals surface area contributed by atoms with Crippen LogP contribution >= 0.6 is 0 Å². The SMILES string of the molecule is N#Cc1cccc(C#N)c1-c1cc(-n2c3ccccc3c3ccccc32)cc(-n2c3ccccc3c3ccccc32)c1. The first kappa shape index (κ1) is 23.8. The highest BCUT2D eigenvalue weighted by molar-refractivity contribution is 6.10. The number of nitrogens with zero attached hydrogens (tertiary/aromatic N) is 4. The lowest BCUT2D eigenvalue weighted by Gasteiger charge is -2.17. The number of hydrogen-bond donors (Lipinski definition) is 0. The van der Waals surface area contributed by atoms with Gasteiger partial charge in [0.15, 0.2) is 0 Å². The maximum absolute atomic E-state index is 10.1. The third kappa shape index (κ3) is 3.40. The number of rotatable bonds is 3. The van der Waals surface area contributed by atoms with E-state index in [1.54, 1.807) is 18.2 Å². The zero-order chi connectivity index (χ0) is 28.2. The molecule has 0 fully saturated rings. The smallest absolute Gasteiger partial charge is 0.0998 e. The average molecular weight is 535 g/mol. The molecule has 194 valence electrons. The topological polar surface area (TPSA) is 57.4 Å². The fourth-order valence-corrected chi connectivity index (χ4v) is 6.45. The molecule has 0 spiro atoms. The van der Waals surface area contributed by atoms with Gasteiger partial charge in [-0.05, 0) is 60.2 Å².